The van der Waals surface area contributed by atoms with Gasteiger partial charge < -0.3 is 4.90 Å². The minimum atomic E-state index is -1.90. The molecule has 4 rings (SSSR count). The zero-order chi connectivity index (χ0) is 22.0. The second-order valence-corrected chi connectivity index (χ2v) is 7.46. The summed E-state index contributed by atoms with van der Waals surface area (Å²) in [6, 6.07) is 5.96. The van der Waals surface area contributed by atoms with Crippen molar-refractivity contribution >= 4 is 5.91 Å². The number of likely N-dealkylation sites (tertiary alicyclic amines) is 1. The number of hydrogen-bond acceptors (Lipinski definition) is 4. The zero-order valence-corrected chi connectivity index (χ0v) is 16.4. The highest BCUT2D eigenvalue weighted by molar-refractivity contribution is 5.99. The lowest BCUT2D eigenvalue weighted by atomic mass is 9.86. The molecule has 0 spiro atoms. The van der Waals surface area contributed by atoms with Gasteiger partial charge in [-0.2, -0.15) is 0 Å². The summed E-state index contributed by atoms with van der Waals surface area (Å²) in [7, 11) is 0. The van der Waals surface area contributed by atoms with Crippen LogP contribution >= 0.6 is 0 Å². The largest absolute Gasteiger partial charge is 0.338 e. The Hall–Kier alpha value is -3.36. The molecule has 3 heterocycles. The Balaban J connectivity index is 1.49. The van der Waals surface area contributed by atoms with Gasteiger partial charge in [0, 0.05) is 49.6 Å². The fraction of sp³-hybridized carbons (Fsp3) is 0.273. The fourth-order valence-electron chi connectivity index (χ4n) is 3.73. The first-order valence-electron chi connectivity index (χ1n) is 9.69. The molecule has 1 aromatic carbocycles. The SMILES string of the molecule is O=C(c1cccnc1-c1ccncn1)N1CCC(F)(Cc2c(F)cc(F)cc2F)CC1. The number of hydrogen-bond donors (Lipinski definition) is 0. The van der Waals surface area contributed by atoms with Gasteiger partial charge in [0.25, 0.3) is 5.91 Å². The molecule has 0 N–H and O–H groups in total. The number of amides is 1. The highest BCUT2D eigenvalue weighted by Gasteiger charge is 2.38. The van der Waals surface area contributed by atoms with E-state index in [1.807, 2.05) is 0 Å². The van der Waals surface area contributed by atoms with Crippen LogP contribution in [0.2, 0.25) is 0 Å². The van der Waals surface area contributed by atoms with Gasteiger partial charge in [0.05, 0.1) is 11.3 Å². The maximum Gasteiger partial charge on any atom is 0.256 e. The van der Waals surface area contributed by atoms with Crippen molar-refractivity contribution in [2.24, 2.45) is 0 Å². The van der Waals surface area contributed by atoms with Gasteiger partial charge in [-0.3, -0.25) is 9.78 Å². The molecule has 9 heteroatoms. The number of halogens is 4. The molecule has 0 atom stereocenters. The van der Waals surface area contributed by atoms with E-state index in [2.05, 4.69) is 15.0 Å². The monoisotopic (exact) mass is 430 g/mol. The van der Waals surface area contributed by atoms with Gasteiger partial charge in [0.1, 0.15) is 35.1 Å². The number of rotatable bonds is 4. The quantitative estimate of drug-likeness (QED) is 0.584. The Morgan fingerprint density at radius 3 is 2.39 bits per heavy atom. The van der Waals surface area contributed by atoms with E-state index in [4.69, 9.17) is 0 Å². The van der Waals surface area contributed by atoms with Gasteiger partial charge in [-0.25, -0.2) is 27.5 Å². The number of carbonyl (C=O) groups excluding carboxylic acids is 1. The first-order chi connectivity index (χ1) is 14.9. The molecule has 1 fully saturated rings. The number of benzene rings is 1. The molecule has 0 bridgehead atoms. The average molecular weight is 430 g/mol. The smallest absolute Gasteiger partial charge is 0.256 e. The lowest BCUT2D eigenvalue weighted by Gasteiger charge is -2.36. The molecule has 3 aromatic rings. The lowest BCUT2D eigenvalue weighted by molar-refractivity contribution is 0.0430. The molecule has 1 saturated heterocycles. The molecule has 160 valence electrons. The molecule has 1 aliphatic rings. The molecule has 5 nitrogen and oxygen atoms in total. The van der Waals surface area contributed by atoms with Crippen molar-refractivity contribution in [1.82, 2.24) is 19.9 Å². The number of aromatic nitrogens is 3. The van der Waals surface area contributed by atoms with Crippen LogP contribution in [0.15, 0.2) is 49.1 Å². The van der Waals surface area contributed by atoms with Gasteiger partial charge in [-0.15, -0.1) is 0 Å². The third-order valence-electron chi connectivity index (χ3n) is 5.41. The molecule has 1 aliphatic heterocycles. The summed E-state index contributed by atoms with van der Waals surface area (Å²) in [4.78, 5) is 26.8. The molecule has 0 saturated carbocycles. The summed E-state index contributed by atoms with van der Waals surface area (Å²) in [5, 5.41) is 0. The maximum atomic E-state index is 15.3. The summed E-state index contributed by atoms with van der Waals surface area (Å²) in [5.41, 5.74) is -1.19. The van der Waals surface area contributed by atoms with E-state index < -0.39 is 35.1 Å². The van der Waals surface area contributed by atoms with E-state index in [1.54, 1.807) is 24.4 Å². The predicted octanol–water partition coefficient (Wildman–Crippen LogP) is 4.14. The first kappa shape index (κ1) is 20.9. The van der Waals surface area contributed by atoms with Crippen molar-refractivity contribution in [3.63, 3.8) is 0 Å². The topological polar surface area (TPSA) is 59.0 Å². The Kier molecular flexibility index (Phi) is 5.67. The summed E-state index contributed by atoms with van der Waals surface area (Å²) in [5.74, 6) is -3.61. The van der Waals surface area contributed by atoms with Crippen LogP contribution in [0.5, 0.6) is 0 Å². The number of alkyl halides is 1. The van der Waals surface area contributed by atoms with E-state index in [1.165, 1.54) is 17.4 Å². The molecular formula is C22H18F4N4O. The molecule has 31 heavy (non-hydrogen) atoms. The van der Waals surface area contributed by atoms with E-state index in [0.717, 1.165) is 0 Å². The average Bonchev–Trinajstić information content (AvgIpc) is 2.77. The summed E-state index contributed by atoms with van der Waals surface area (Å²) in [6.45, 7) is 0.135. The number of piperidine rings is 1. The van der Waals surface area contributed by atoms with Crippen LogP contribution in [0.25, 0.3) is 11.4 Å². The second kappa shape index (κ2) is 8.41. The van der Waals surface area contributed by atoms with Crippen molar-refractivity contribution in [1.29, 1.82) is 0 Å². The van der Waals surface area contributed by atoms with Crippen molar-refractivity contribution < 1.29 is 22.4 Å². The summed E-state index contributed by atoms with van der Waals surface area (Å²) in [6.07, 6.45) is 3.71. The third kappa shape index (κ3) is 4.40. The standard InChI is InChI=1S/C22H18F4N4O/c23-14-10-17(24)16(18(25)11-14)12-22(26)4-8-30(9-5-22)21(31)15-2-1-6-28-20(15)19-3-7-27-13-29-19/h1-3,6-7,10-11,13H,4-5,8-9,12H2. The molecular weight excluding hydrogens is 412 g/mol. The van der Waals surface area contributed by atoms with E-state index in [0.29, 0.717) is 29.1 Å². The van der Waals surface area contributed by atoms with Crippen LogP contribution in [-0.4, -0.2) is 44.5 Å². The van der Waals surface area contributed by atoms with Crippen LogP contribution in [0.4, 0.5) is 17.6 Å². The molecule has 0 unspecified atom stereocenters. The van der Waals surface area contributed by atoms with Crippen LogP contribution in [0, 0.1) is 17.5 Å². The molecule has 1 amide bonds. The zero-order valence-electron chi connectivity index (χ0n) is 16.4. The van der Waals surface area contributed by atoms with Gasteiger partial charge in [-0.1, -0.05) is 0 Å². The highest BCUT2D eigenvalue weighted by Crippen LogP contribution is 2.33. The second-order valence-electron chi connectivity index (χ2n) is 7.46. The van der Waals surface area contributed by atoms with Gasteiger partial charge >= 0.3 is 0 Å². The molecule has 2 aromatic heterocycles. The van der Waals surface area contributed by atoms with Gasteiger partial charge in [0.15, 0.2) is 0 Å². The Labute approximate surface area is 175 Å². The Morgan fingerprint density at radius 2 is 1.74 bits per heavy atom. The van der Waals surface area contributed by atoms with Crippen molar-refractivity contribution in [2.75, 3.05) is 13.1 Å². The maximum absolute atomic E-state index is 15.3. The Bertz CT molecular complexity index is 1080. The predicted molar refractivity (Wildman–Crippen MR) is 104 cm³/mol. The molecule has 0 aliphatic carbocycles. The Morgan fingerprint density at radius 1 is 1.03 bits per heavy atom. The van der Waals surface area contributed by atoms with Crippen molar-refractivity contribution in [3.8, 4) is 11.4 Å². The summed E-state index contributed by atoms with van der Waals surface area (Å²) < 4.78 is 56.3. The first-order valence-corrected chi connectivity index (χ1v) is 9.69. The van der Waals surface area contributed by atoms with E-state index in [-0.39, 0.29) is 31.8 Å². The number of nitrogens with zero attached hydrogens (tertiary/aromatic N) is 4. The van der Waals surface area contributed by atoms with Gasteiger partial charge in [-0.05, 0) is 31.0 Å². The van der Waals surface area contributed by atoms with Gasteiger partial charge in [0.2, 0.25) is 0 Å². The normalized spacial score (nSPS) is 15.7. The number of pyridine rings is 1. The minimum absolute atomic E-state index is 0.0673. The van der Waals surface area contributed by atoms with E-state index in [9.17, 15) is 18.0 Å². The van der Waals surface area contributed by atoms with E-state index >= 15 is 4.39 Å². The fourth-order valence-corrected chi connectivity index (χ4v) is 3.73. The lowest BCUT2D eigenvalue weighted by Crippen LogP contribution is -2.46. The minimum Gasteiger partial charge on any atom is -0.338 e. The third-order valence-corrected chi connectivity index (χ3v) is 5.41. The van der Waals surface area contributed by atoms with Crippen LogP contribution in [-0.2, 0) is 6.42 Å². The molecule has 0 radical (unpaired) electrons. The highest BCUT2D eigenvalue weighted by atomic mass is 19.2. The summed E-state index contributed by atoms with van der Waals surface area (Å²) >= 11 is 0. The number of carbonyl (C=O) groups is 1. The van der Waals surface area contributed by atoms with Crippen molar-refractivity contribution in [3.05, 3.63) is 77.6 Å². The van der Waals surface area contributed by atoms with Crippen LogP contribution in [0.1, 0.15) is 28.8 Å². The van der Waals surface area contributed by atoms with Crippen LogP contribution in [0.3, 0.4) is 0 Å². The van der Waals surface area contributed by atoms with Crippen molar-refractivity contribution in [2.45, 2.75) is 24.9 Å². The van der Waals surface area contributed by atoms with Crippen LogP contribution < -0.4 is 0 Å².